The van der Waals surface area contributed by atoms with E-state index in [9.17, 15) is 14.7 Å². The van der Waals surface area contributed by atoms with E-state index in [0.29, 0.717) is 6.42 Å². The number of ketones is 1. The molecule has 4 heteroatoms. The van der Waals surface area contributed by atoms with Gasteiger partial charge in [-0.15, -0.1) is 0 Å². The van der Waals surface area contributed by atoms with Gasteiger partial charge in [-0.2, -0.15) is 0 Å². The predicted octanol–water partition coefficient (Wildman–Crippen LogP) is 2.16. The van der Waals surface area contributed by atoms with Crippen molar-refractivity contribution in [2.75, 3.05) is 5.32 Å². The molecule has 1 aromatic carbocycles. The van der Waals surface area contributed by atoms with Crippen LogP contribution in [0.4, 0.5) is 5.69 Å². The highest BCUT2D eigenvalue weighted by atomic mass is 16.3. The third kappa shape index (κ3) is 5.66. The van der Waals surface area contributed by atoms with Crippen molar-refractivity contribution in [1.82, 2.24) is 0 Å². The first-order chi connectivity index (χ1) is 8.88. The van der Waals surface area contributed by atoms with Gasteiger partial charge in [0, 0.05) is 19.0 Å². The summed E-state index contributed by atoms with van der Waals surface area (Å²) in [5, 5.41) is 12.5. The standard InChI is InChI=1S/C15H21NO3/c1-10(15(19)9-11(2)17)8-13-4-6-14(7-5-13)16-12(3)18/h4-7,10,15,19H,8-9H2,1-3H3,(H,16,18)/t10-,15+/m1/s1. The molecule has 0 aliphatic rings. The summed E-state index contributed by atoms with van der Waals surface area (Å²) in [6.45, 7) is 4.88. The minimum atomic E-state index is -0.604. The topological polar surface area (TPSA) is 66.4 Å². The Kier molecular flexibility index (Phi) is 5.70. The number of hydrogen-bond acceptors (Lipinski definition) is 3. The number of carbonyl (C=O) groups is 2. The van der Waals surface area contributed by atoms with Crippen LogP contribution in [0.15, 0.2) is 24.3 Å². The molecule has 104 valence electrons. The predicted molar refractivity (Wildman–Crippen MR) is 74.9 cm³/mol. The van der Waals surface area contributed by atoms with Crippen LogP contribution in [0.5, 0.6) is 0 Å². The van der Waals surface area contributed by atoms with Crippen LogP contribution in [0.25, 0.3) is 0 Å². The van der Waals surface area contributed by atoms with Crippen LogP contribution in [-0.4, -0.2) is 22.9 Å². The molecule has 2 atom stereocenters. The molecule has 1 aromatic rings. The van der Waals surface area contributed by atoms with E-state index >= 15 is 0 Å². The van der Waals surface area contributed by atoms with Gasteiger partial charge in [0.15, 0.2) is 0 Å². The second-order valence-electron chi connectivity index (χ2n) is 5.03. The average molecular weight is 263 g/mol. The van der Waals surface area contributed by atoms with Gasteiger partial charge in [0.05, 0.1) is 6.10 Å². The highest BCUT2D eigenvalue weighted by Crippen LogP contribution is 2.17. The lowest BCUT2D eigenvalue weighted by Gasteiger charge is -2.17. The lowest BCUT2D eigenvalue weighted by Crippen LogP contribution is -2.22. The molecule has 0 heterocycles. The van der Waals surface area contributed by atoms with Crippen LogP contribution in [-0.2, 0) is 16.0 Å². The molecule has 0 bridgehead atoms. The second-order valence-corrected chi connectivity index (χ2v) is 5.03. The minimum absolute atomic E-state index is 0.000330. The number of aliphatic hydroxyl groups excluding tert-OH is 1. The number of amides is 1. The molecule has 0 aromatic heterocycles. The van der Waals surface area contributed by atoms with Crippen molar-refractivity contribution in [2.45, 2.75) is 39.7 Å². The van der Waals surface area contributed by atoms with Gasteiger partial charge < -0.3 is 10.4 Å². The number of hydrogen-bond donors (Lipinski definition) is 2. The molecular weight excluding hydrogens is 242 g/mol. The Bertz CT molecular complexity index is 439. The monoisotopic (exact) mass is 263 g/mol. The van der Waals surface area contributed by atoms with E-state index in [1.807, 2.05) is 31.2 Å². The number of anilines is 1. The maximum atomic E-state index is 11.0. The molecule has 0 fully saturated rings. The van der Waals surface area contributed by atoms with E-state index in [1.54, 1.807) is 0 Å². The third-order valence-corrected chi connectivity index (χ3v) is 2.99. The maximum absolute atomic E-state index is 11.0. The summed E-state index contributed by atoms with van der Waals surface area (Å²) in [6, 6.07) is 7.51. The van der Waals surface area contributed by atoms with Gasteiger partial charge in [-0.05, 0) is 37.0 Å². The van der Waals surface area contributed by atoms with Crippen LogP contribution in [0.1, 0.15) is 32.8 Å². The summed E-state index contributed by atoms with van der Waals surface area (Å²) < 4.78 is 0. The number of aliphatic hydroxyl groups is 1. The summed E-state index contributed by atoms with van der Waals surface area (Å²) in [5.74, 6) is -0.0751. The first kappa shape index (κ1) is 15.4. The zero-order chi connectivity index (χ0) is 14.4. The Morgan fingerprint density at radius 3 is 2.26 bits per heavy atom. The normalized spacial score (nSPS) is 13.7. The van der Waals surface area contributed by atoms with Crippen molar-refractivity contribution < 1.29 is 14.7 Å². The van der Waals surface area contributed by atoms with Crippen LogP contribution in [0, 0.1) is 5.92 Å². The van der Waals surface area contributed by atoms with Gasteiger partial charge in [0.1, 0.15) is 5.78 Å². The summed E-state index contributed by atoms with van der Waals surface area (Å²) in [6.07, 6.45) is 0.299. The molecule has 0 spiro atoms. The minimum Gasteiger partial charge on any atom is -0.392 e. The zero-order valence-electron chi connectivity index (χ0n) is 11.6. The van der Waals surface area contributed by atoms with Crippen LogP contribution in [0.3, 0.4) is 0 Å². The first-order valence-corrected chi connectivity index (χ1v) is 6.42. The quantitative estimate of drug-likeness (QED) is 0.826. The SMILES string of the molecule is CC(=O)C[C@H](O)[C@H](C)Cc1ccc(NC(C)=O)cc1. The third-order valence-electron chi connectivity index (χ3n) is 2.99. The highest BCUT2D eigenvalue weighted by molar-refractivity contribution is 5.88. The van der Waals surface area contributed by atoms with E-state index in [-0.39, 0.29) is 24.0 Å². The Labute approximate surface area is 113 Å². The van der Waals surface area contributed by atoms with Crippen LogP contribution < -0.4 is 5.32 Å². The molecule has 0 saturated heterocycles. The Hall–Kier alpha value is -1.68. The molecule has 0 unspecified atom stereocenters. The highest BCUT2D eigenvalue weighted by Gasteiger charge is 2.16. The van der Waals surface area contributed by atoms with Crippen molar-refractivity contribution in [3.8, 4) is 0 Å². The summed E-state index contributed by atoms with van der Waals surface area (Å²) in [5.41, 5.74) is 1.83. The lowest BCUT2D eigenvalue weighted by molar-refractivity contribution is -0.119. The number of nitrogens with one attached hydrogen (secondary N) is 1. The maximum Gasteiger partial charge on any atom is 0.221 e. The molecule has 4 nitrogen and oxygen atoms in total. The molecule has 0 saturated carbocycles. The van der Waals surface area contributed by atoms with Gasteiger partial charge in [0.2, 0.25) is 5.91 Å². The lowest BCUT2D eigenvalue weighted by atomic mass is 9.93. The molecule has 19 heavy (non-hydrogen) atoms. The van der Waals surface area contributed by atoms with E-state index in [4.69, 9.17) is 0 Å². The van der Waals surface area contributed by atoms with Gasteiger partial charge in [-0.1, -0.05) is 19.1 Å². The number of Topliss-reactive ketones (excluding diaryl/α,β-unsaturated/α-hetero) is 1. The van der Waals surface area contributed by atoms with Crippen molar-refractivity contribution in [1.29, 1.82) is 0 Å². The molecule has 2 N–H and O–H groups in total. The fraction of sp³-hybridized carbons (Fsp3) is 0.467. The van der Waals surface area contributed by atoms with Crippen molar-refractivity contribution in [3.63, 3.8) is 0 Å². The summed E-state index contributed by atoms with van der Waals surface area (Å²) in [4.78, 5) is 21.8. The Morgan fingerprint density at radius 2 is 1.79 bits per heavy atom. The van der Waals surface area contributed by atoms with Crippen LogP contribution in [0.2, 0.25) is 0 Å². The summed E-state index contributed by atoms with van der Waals surface area (Å²) >= 11 is 0. The number of carbonyl (C=O) groups excluding carboxylic acids is 2. The molecule has 1 rings (SSSR count). The molecular formula is C15H21NO3. The number of benzene rings is 1. The number of rotatable bonds is 6. The molecule has 0 aliphatic carbocycles. The van der Waals surface area contributed by atoms with E-state index < -0.39 is 6.10 Å². The van der Waals surface area contributed by atoms with Gasteiger partial charge in [-0.25, -0.2) is 0 Å². The second kappa shape index (κ2) is 7.04. The van der Waals surface area contributed by atoms with Crippen molar-refractivity contribution >= 4 is 17.4 Å². The molecule has 1 amide bonds. The summed E-state index contributed by atoms with van der Waals surface area (Å²) in [7, 11) is 0. The zero-order valence-corrected chi connectivity index (χ0v) is 11.6. The average Bonchev–Trinajstić information content (AvgIpc) is 2.30. The molecule has 0 aliphatic heterocycles. The fourth-order valence-corrected chi connectivity index (χ4v) is 1.93. The largest absolute Gasteiger partial charge is 0.392 e. The van der Waals surface area contributed by atoms with Crippen molar-refractivity contribution in [3.05, 3.63) is 29.8 Å². The van der Waals surface area contributed by atoms with Gasteiger partial charge in [0.25, 0.3) is 0 Å². The van der Waals surface area contributed by atoms with Gasteiger partial charge in [-0.3, -0.25) is 9.59 Å². The smallest absolute Gasteiger partial charge is 0.221 e. The van der Waals surface area contributed by atoms with E-state index in [0.717, 1.165) is 11.3 Å². The Balaban J connectivity index is 2.57. The Morgan fingerprint density at radius 1 is 1.21 bits per heavy atom. The first-order valence-electron chi connectivity index (χ1n) is 6.42. The van der Waals surface area contributed by atoms with Crippen LogP contribution >= 0.6 is 0 Å². The van der Waals surface area contributed by atoms with E-state index in [2.05, 4.69) is 5.32 Å². The van der Waals surface area contributed by atoms with Gasteiger partial charge >= 0.3 is 0 Å². The van der Waals surface area contributed by atoms with Crippen molar-refractivity contribution in [2.24, 2.45) is 5.92 Å². The van der Waals surface area contributed by atoms with E-state index in [1.165, 1.54) is 13.8 Å². The fourth-order valence-electron chi connectivity index (χ4n) is 1.93. The molecule has 0 radical (unpaired) electrons.